The lowest BCUT2D eigenvalue weighted by Crippen LogP contribution is -2.21. The van der Waals surface area contributed by atoms with Crippen LogP contribution in [0.2, 0.25) is 0 Å². The molecule has 0 aliphatic heterocycles. The van der Waals surface area contributed by atoms with Crippen LogP contribution in [-0.2, 0) is 10.8 Å². The molecule has 1 aromatic heterocycles. The molecule has 0 bridgehead atoms. The zero-order valence-electron chi connectivity index (χ0n) is 34.4. The molecule has 0 spiro atoms. The number of anilines is 3. The van der Waals surface area contributed by atoms with Gasteiger partial charge in [0.15, 0.2) is 0 Å². The molecule has 0 amide bonds. The third-order valence-electron chi connectivity index (χ3n) is 13.8. The Labute approximate surface area is 351 Å². The van der Waals surface area contributed by atoms with Crippen molar-refractivity contribution in [3.8, 4) is 39.1 Å². The van der Waals surface area contributed by atoms with E-state index in [0.29, 0.717) is 0 Å². The Hall–Kier alpha value is -7.16. The summed E-state index contributed by atoms with van der Waals surface area (Å²) in [6, 6.07) is 72.2. The Bertz CT molecular complexity index is 3320. The summed E-state index contributed by atoms with van der Waals surface area (Å²) in [5.74, 6) is 0. The van der Waals surface area contributed by atoms with E-state index in [1.807, 2.05) is 0 Å². The molecule has 0 unspecified atom stereocenters. The van der Waals surface area contributed by atoms with Crippen molar-refractivity contribution in [1.82, 2.24) is 4.57 Å². The fraction of sp³-hybridized carbons (Fsp3) is 0.103. The highest BCUT2D eigenvalue weighted by Crippen LogP contribution is 2.58. The van der Waals surface area contributed by atoms with E-state index in [4.69, 9.17) is 0 Å². The molecule has 2 aliphatic carbocycles. The number of nitrogens with zero attached hydrogens (tertiary/aromatic N) is 2. The van der Waals surface area contributed by atoms with E-state index in [-0.39, 0.29) is 10.8 Å². The van der Waals surface area contributed by atoms with Crippen LogP contribution in [0.4, 0.5) is 17.1 Å². The highest BCUT2D eigenvalue weighted by atomic mass is 15.1. The van der Waals surface area contributed by atoms with Crippen LogP contribution in [0.3, 0.4) is 0 Å². The molecule has 10 aromatic rings. The maximum absolute atomic E-state index is 2.55. The Morgan fingerprint density at radius 1 is 0.400 bits per heavy atom. The Kier molecular flexibility index (Phi) is 7.36. The van der Waals surface area contributed by atoms with Crippen molar-refractivity contribution >= 4 is 49.6 Å². The molecule has 0 N–H and O–H groups in total. The van der Waals surface area contributed by atoms with Crippen molar-refractivity contribution in [2.75, 3.05) is 4.90 Å². The van der Waals surface area contributed by atoms with Gasteiger partial charge in [-0.3, -0.25) is 0 Å². The fourth-order valence-electron chi connectivity index (χ4n) is 11.0. The smallest absolute Gasteiger partial charge is 0.0543 e. The highest BCUT2D eigenvalue weighted by Gasteiger charge is 2.41. The second-order valence-corrected chi connectivity index (χ2v) is 17.7. The Morgan fingerprint density at radius 3 is 1.72 bits per heavy atom. The van der Waals surface area contributed by atoms with Crippen molar-refractivity contribution in [1.29, 1.82) is 0 Å². The summed E-state index contributed by atoms with van der Waals surface area (Å²) in [5.41, 5.74) is 20.1. The molecule has 0 radical (unpaired) electrons. The highest BCUT2D eigenvalue weighted by molar-refractivity contribution is 6.10. The third kappa shape index (κ3) is 4.82. The van der Waals surface area contributed by atoms with Gasteiger partial charge in [0.25, 0.3) is 0 Å². The van der Waals surface area contributed by atoms with Crippen LogP contribution in [0.15, 0.2) is 194 Å². The maximum atomic E-state index is 2.55. The van der Waals surface area contributed by atoms with Crippen LogP contribution in [0.25, 0.3) is 71.6 Å². The average Bonchev–Trinajstić information content (AvgIpc) is 3.84. The van der Waals surface area contributed by atoms with Gasteiger partial charge in [-0.05, 0) is 109 Å². The molecule has 286 valence electrons. The lowest BCUT2D eigenvalue weighted by molar-refractivity contribution is 0.659. The van der Waals surface area contributed by atoms with Gasteiger partial charge in [0, 0.05) is 38.5 Å². The van der Waals surface area contributed by atoms with E-state index in [2.05, 4.69) is 231 Å². The molecule has 0 saturated carbocycles. The summed E-state index contributed by atoms with van der Waals surface area (Å²) < 4.78 is 2.40. The summed E-state index contributed by atoms with van der Waals surface area (Å²) in [7, 11) is 0. The summed E-state index contributed by atoms with van der Waals surface area (Å²) in [5, 5.41) is 5.02. The minimum Gasteiger partial charge on any atom is -0.310 e. The summed E-state index contributed by atoms with van der Waals surface area (Å²) in [6.45, 7) is 9.53. The van der Waals surface area contributed by atoms with E-state index < -0.39 is 0 Å². The number of fused-ring (bicyclic) bond motifs is 10. The second-order valence-electron chi connectivity index (χ2n) is 17.7. The molecule has 0 saturated heterocycles. The summed E-state index contributed by atoms with van der Waals surface area (Å²) in [6.07, 6.45) is 0. The van der Waals surface area contributed by atoms with Crippen LogP contribution in [0.5, 0.6) is 0 Å². The van der Waals surface area contributed by atoms with Crippen LogP contribution in [-0.4, -0.2) is 4.57 Å². The summed E-state index contributed by atoms with van der Waals surface area (Å²) >= 11 is 0. The molecule has 0 atom stereocenters. The van der Waals surface area contributed by atoms with Crippen molar-refractivity contribution in [3.63, 3.8) is 0 Å². The number of hydrogen-bond donors (Lipinski definition) is 0. The van der Waals surface area contributed by atoms with Crippen LogP contribution < -0.4 is 4.90 Å². The number of benzene rings is 9. The molecule has 12 rings (SSSR count). The predicted octanol–water partition coefficient (Wildman–Crippen LogP) is 15.7. The van der Waals surface area contributed by atoms with Gasteiger partial charge in [0.2, 0.25) is 0 Å². The minimum absolute atomic E-state index is 0.110. The standard InChI is InChI=1S/C58H44N2/c1-57(2)49-24-10-6-20-47(49)55-50(57)25-15-28-53(55)59(54-29-14-22-46-43-17-5-9-23-48(43)58(3,4)56(46)54)39-32-30-37(31-33-39)41-21-13-16-38-36-40(34-35-42(38)41)60-51-26-11-7-18-44(51)45-19-8-12-27-52(45)60/h5-36H,1-4H3. The van der Waals surface area contributed by atoms with Gasteiger partial charge in [-0.25, -0.2) is 0 Å². The number of para-hydroxylation sites is 2. The zero-order chi connectivity index (χ0) is 40.3. The van der Waals surface area contributed by atoms with Gasteiger partial charge >= 0.3 is 0 Å². The van der Waals surface area contributed by atoms with Gasteiger partial charge in [0.1, 0.15) is 0 Å². The quantitative estimate of drug-likeness (QED) is 0.169. The topological polar surface area (TPSA) is 8.17 Å². The van der Waals surface area contributed by atoms with Gasteiger partial charge in [0.05, 0.1) is 22.4 Å². The van der Waals surface area contributed by atoms with Crippen LogP contribution >= 0.6 is 0 Å². The average molecular weight is 769 g/mol. The van der Waals surface area contributed by atoms with Crippen LogP contribution in [0, 0.1) is 0 Å². The normalized spacial score (nSPS) is 14.3. The first-order valence-corrected chi connectivity index (χ1v) is 21.2. The van der Waals surface area contributed by atoms with Gasteiger partial charge < -0.3 is 9.47 Å². The molecule has 2 heteroatoms. The van der Waals surface area contributed by atoms with E-state index in [1.54, 1.807) is 0 Å². The molecule has 1 heterocycles. The van der Waals surface area contributed by atoms with Gasteiger partial charge in [-0.1, -0.05) is 173 Å². The number of rotatable bonds is 5. The molecule has 0 fully saturated rings. The van der Waals surface area contributed by atoms with Gasteiger partial charge in [-0.15, -0.1) is 0 Å². The molecule has 9 aromatic carbocycles. The zero-order valence-corrected chi connectivity index (χ0v) is 34.4. The minimum atomic E-state index is -0.184. The number of hydrogen-bond acceptors (Lipinski definition) is 1. The van der Waals surface area contributed by atoms with E-state index in [9.17, 15) is 0 Å². The second kappa shape index (κ2) is 12.7. The van der Waals surface area contributed by atoms with Crippen molar-refractivity contribution in [2.45, 2.75) is 38.5 Å². The largest absolute Gasteiger partial charge is 0.310 e. The monoisotopic (exact) mass is 768 g/mol. The van der Waals surface area contributed by atoms with Crippen molar-refractivity contribution in [3.05, 3.63) is 216 Å². The first-order valence-electron chi connectivity index (χ1n) is 21.2. The van der Waals surface area contributed by atoms with Gasteiger partial charge in [-0.2, -0.15) is 0 Å². The molecule has 60 heavy (non-hydrogen) atoms. The lowest BCUT2D eigenvalue weighted by atomic mass is 9.81. The molecular formula is C58H44N2. The van der Waals surface area contributed by atoms with E-state index in [0.717, 1.165) is 5.69 Å². The predicted molar refractivity (Wildman–Crippen MR) is 254 cm³/mol. The SMILES string of the molecule is CC1(C)c2ccccc2-c2c(N(c3ccc(-c4cccc5cc(-n6c7ccccc7c7ccccc76)ccc45)cc3)c3cccc4c3C(C)(C)c3ccccc3-4)cccc21. The number of aromatic nitrogens is 1. The third-order valence-corrected chi connectivity index (χ3v) is 13.8. The lowest BCUT2D eigenvalue weighted by Gasteiger charge is -2.33. The van der Waals surface area contributed by atoms with Crippen molar-refractivity contribution < 1.29 is 0 Å². The molecule has 2 aliphatic rings. The fourth-order valence-corrected chi connectivity index (χ4v) is 11.0. The summed E-state index contributed by atoms with van der Waals surface area (Å²) in [4.78, 5) is 2.55. The van der Waals surface area contributed by atoms with Crippen LogP contribution in [0.1, 0.15) is 49.9 Å². The molecular weight excluding hydrogens is 725 g/mol. The first kappa shape index (κ1) is 34.8. The Morgan fingerprint density at radius 2 is 0.967 bits per heavy atom. The van der Waals surface area contributed by atoms with E-state index in [1.165, 1.54) is 105 Å². The Balaban J connectivity index is 1.02. The first-order chi connectivity index (χ1) is 29.3. The maximum Gasteiger partial charge on any atom is 0.0543 e. The van der Waals surface area contributed by atoms with E-state index >= 15 is 0 Å². The van der Waals surface area contributed by atoms with Crippen molar-refractivity contribution in [2.24, 2.45) is 0 Å². The molecule has 2 nitrogen and oxygen atoms in total.